The predicted octanol–water partition coefficient (Wildman–Crippen LogP) is 2.39. The predicted molar refractivity (Wildman–Crippen MR) is 78.1 cm³/mol. The molecule has 1 aliphatic heterocycles. The van der Waals surface area contributed by atoms with Crippen LogP contribution in [0.3, 0.4) is 0 Å². The van der Waals surface area contributed by atoms with E-state index in [1.165, 1.54) is 56.6 Å². The molecule has 0 radical (unpaired) electrons. The van der Waals surface area contributed by atoms with Gasteiger partial charge in [0.1, 0.15) is 0 Å². The lowest BCUT2D eigenvalue weighted by atomic mass is 9.91. The van der Waals surface area contributed by atoms with Gasteiger partial charge in [-0.05, 0) is 62.9 Å². The molecule has 2 aliphatic rings. The van der Waals surface area contributed by atoms with Crippen LogP contribution in [-0.4, -0.2) is 36.1 Å². The summed E-state index contributed by atoms with van der Waals surface area (Å²) >= 11 is 0. The van der Waals surface area contributed by atoms with E-state index in [9.17, 15) is 0 Å². The number of hydrogen-bond acceptors (Lipinski definition) is 3. The summed E-state index contributed by atoms with van der Waals surface area (Å²) in [5.41, 5.74) is 2.76. The number of hydrogen-bond donors (Lipinski definition) is 1. The average molecular weight is 259 g/mol. The van der Waals surface area contributed by atoms with Crippen molar-refractivity contribution >= 4 is 0 Å². The van der Waals surface area contributed by atoms with Gasteiger partial charge in [-0.25, -0.2) is 0 Å². The van der Waals surface area contributed by atoms with Crippen molar-refractivity contribution in [3.63, 3.8) is 0 Å². The van der Waals surface area contributed by atoms with Crippen molar-refractivity contribution in [2.24, 2.45) is 5.92 Å². The molecule has 2 unspecified atom stereocenters. The summed E-state index contributed by atoms with van der Waals surface area (Å²) in [4.78, 5) is 7.16. The van der Waals surface area contributed by atoms with Gasteiger partial charge in [0.05, 0.1) is 5.69 Å². The highest BCUT2D eigenvalue weighted by atomic mass is 15.1. The third-order valence-corrected chi connectivity index (χ3v) is 4.67. The number of rotatable bonds is 4. The summed E-state index contributed by atoms with van der Waals surface area (Å²) in [5, 5.41) is 3.78. The Morgan fingerprint density at radius 1 is 1.42 bits per heavy atom. The molecule has 104 valence electrons. The fourth-order valence-electron chi connectivity index (χ4n) is 3.48. The molecule has 3 nitrogen and oxygen atoms in total. The molecule has 1 aliphatic carbocycles. The van der Waals surface area contributed by atoms with Crippen LogP contribution in [0.2, 0.25) is 0 Å². The Labute approximate surface area is 116 Å². The van der Waals surface area contributed by atoms with Crippen LogP contribution in [0.15, 0.2) is 18.3 Å². The summed E-state index contributed by atoms with van der Waals surface area (Å²) in [6.45, 7) is 7.16. The molecule has 2 atom stereocenters. The van der Waals surface area contributed by atoms with Crippen molar-refractivity contribution in [1.29, 1.82) is 0 Å². The van der Waals surface area contributed by atoms with Crippen LogP contribution in [0.1, 0.15) is 43.5 Å². The van der Waals surface area contributed by atoms with Crippen LogP contribution in [-0.2, 0) is 6.42 Å². The molecule has 0 spiro atoms. The lowest BCUT2D eigenvalue weighted by molar-refractivity contribution is 0.331. The van der Waals surface area contributed by atoms with Crippen LogP contribution >= 0.6 is 0 Å². The van der Waals surface area contributed by atoms with E-state index < -0.39 is 0 Å². The van der Waals surface area contributed by atoms with E-state index in [1.54, 1.807) is 0 Å². The van der Waals surface area contributed by atoms with Crippen molar-refractivity contribution in [3.05, 3.63) is 29.6 Å². The molecule has 1 aromatic heterocycles. The first-order valence-electron chi connectivity index (χ1n) is 7.76. The van der Waals surface area contributed by atoms with Crippen LogP contribution in [0.5, 0.6) is 0 Å². The molecule has 0 aromatic carbocycles. The van der Waals surface area contributed by atoms with E-state index in [4.69, 9.17) is 0 Å². The zero-order valence-corrected chi connectivity index (χ0v) is 11.9. The molecule has 1 saturated heterocycles. The van der Waals surface area contributed by atoms with Gasteiger partial charge >= 0.3 is 0 Å². The second-order valence-electron chi connectivity index (χ2n) is 5.95. The van der Waals surface area contributed by atoms with Gasteiger partial charge < -0.3 is 10.2 Å². The fraction of sp³-hybridized carbons (Fsp3) is 0.688. The highest BCUT2D eigenvalue weighted by molar-refractivity contribution is 5.25. The monoisotopic (exact) mass is 259 g/mol. The molecule has 1 aromatic rings. The Hall–Kier alpha value is -0.930. The molecule has 1 fully saturated rings. The van der Waals surface area contributed by atoms with E-state index in [0.717, 1.165) is 12.5 Å². The first-order valence-corrected chi connectivity index (χ1v) is 7.76. The fourth-order valence-corrected chi connectivity index (χ4v) is 3.48. The standard InChI is InChI=1S/C16H25N3/c1-2-19-10-8-13(12-19)11-18-15-7-3-5-14-6-4-9-17-16(14)15/h4,6,9,13,15,18H,2-3,5,7-8,10-12H2,1H3. The molecule has 3 heteroatoms. The van der Waals surface area contributed by atoms with Gasteiger partial charge in [0, 0.05) is 18.8 Å². The lowest BCUT2D eigenvalue weighted by Gasteiger charge is -2.26. The Kier molecular flexibility index (Phi) is 4.14. The third-order valence-electron chi connectivity index (χ3n) is 4.67. The second-order valence-corrected chi connectivity index (χ2v) is 5.95. The molecule has 0 amide bonds. The third kappa shape index (κ3) is 2.98. The maximum atomic E-state index is 4.60. The van der Waals surface area contributed by atoms with Crippen LogP contribution in [0.25, 0.3) is 0 Å². The first kappa shape index (κ1) is 13.1. The topological polar surface area (TPSA) is 28.2 Å². The number of aryl methyl sites for hydroxylation is 1. The molecule has 2 heterocycles. The van der Waals surface area contributed by atoms with Gasteiger partial charge in [0.15, 0.2) is 0 Å². The number of aromatic nitrogens is 1. The maximum absolute atomic E-state index is 4.60. The summed E-state index contributed by atoms with van der Waals surface area (Å²) in [6, 6.07) is 4.79. The SMILES string of the molecule is CCN1CCC(CNC2CCCc3cccnc32)C1. The van der Waals surface area contributed by atoms with Gasteiger partial charge in [-0.2, -0.15) is 0 Å². The summed E-state index contributed by atoms with van der Waals surface area (Å²) in [6.07, 6.45) is 7.03. The number of fused-ring (bicyclic) bond motifs is 1. The summed E-state index contributed by atoms with van der Waals surface area (Å²) < 4.78 is 0. The Morgan fingerprint density at radius 3 is 3.21 bits per heavy atom. The van der Waals surface area contributed by atoms with Gasteiger partial charge in [0.25, 0.3) is 0 Å². The average Bonchev–Trinajstić information content (AvgIpc) is 2.93. The Morgan fingerprint density at radius 2 is 2.37 bits per heavy atom. The molecule has 19 heavy (non-hydrogen) atoms. The minimum atomic E-state index is 0.487. The molecule has 0 saturated carbocycles. The zero-order valence-electron chi connectivity index (χ0n) is 11.9. The smallest absolute Gasteiger partial charge is 0.0605 e. The van der Waals surface area contributed by atoms with Crippen molar-refractivity contribution < 1.29 is 0 Å². The number of likely N-dealkylation sites (tertiary alicyclic amines) is 1. The van der Waals surface area contributed by atoms with Crippen molar-refractivity contribution in [2.75, 3.05) is 26.2 Å². The van der Waals surface area contributed by atoms with Crippen LogP contribution < -0.4 is 5.32 Å². The molecule has 3 rings (SSSR count). The van der Waals surface area contributed by atoms with Gasteiger partial charge in [-0.1, -0.05) is 13.0 Å². The number of nitrogens with zero attached hydrogens (tertiary/aromatic N) is 2. The minimum Gasteiger partial charge on any atom is -0.308 e. The normalized spacial score (nSPS) is 27.4. The van der Waals surface area contributed by atoms with Gasteiger partial charge in [-0.3, -0.25) is 4.98 Å². The first-order chi connectivity index (χ1) is 9.36. The Balaban J connectivity index is 1.57. The number of nitrogens with one attached hydrogen (secondary N) is 1. The van der Waals surface area contributed by atoms with E-state index in [1.807, 2.05) is 6.20 Å². The lowest BCUT2D eigenvalue weighted by Crippen LogP contribution is -2.31. The molecular weight excluding hydrogens is 234 g/mol. The van der Waals surface area contributed by atoms with Crippen LogP contribution in [0, 0.1) is 5.92 Å². The Bertz CT molecular complexity index is 418. The molecule has 1 N–H and O–H groups in total. The van der Waals surface area contributed by atoms with Crippen molar-refractivity contribution in [1.82, 2.24) is 15.2 Å². The largest absolute Gasteiger partial charge is 0.308 e. The second kappa shape index (κ2) is 6.02. The van der Waals surface area contributed by atoms with E-state index in [2.05, 4.69) is 34.3 Å². The van der Waals surface area contributed by atoms with E-state index in [-0.39, 0.29) is 0 Å². The molecule has 0 bridgehead atoms. The summed E-state index contributed by atoms with van der Waals surface area (Å²) in [5.74, 6) is 0.828. The zero-order chi connectivity index (χ0) is 13.1. The van der Waals surface area contributed by atoms with E-state index >= 15 is 0 Å². The van der Waals surface area contributed by atoms with Crippen LogP contribution in [0.4, 0.5) is 0 Å². The van der Waals surface area contributed by atoms with Gasteiger partial charge in [0.2, 0.25) is 0 Å². The minimum absolute atomic E-state index is 0.487. The van der Waals surface area contributed by atoms with Crippen molar-refractivity contribution in [2.45, 2.75) is 38.6 Å². The maximum Gasteiger partial charge on any atom is 0.0605 e. The van der Waals surface area contributed by atoms with Crippen molar-refractivity contribution in [3.8, 4) is 0 Å². The molecular formula is C16H25N3. The number of pyridine rings is 1. The highest BCUT2D eigenvalue weighted by Gasteiger charge is 2.24. The highest BCUT2D eigenvalue weighted by Crippen LogP contribution is 2.28. The summed E-state index contributed by atoms with van der Waals surface area (Å²) in [7, 11) is 0. The van der Waals surface area contributed by atoms with E-state index in [0.29, 0.717) is 6.04 Å². The quantitative estimate of drug-likeness (QED) is 0.900. The van der Waals surface area contributed by atoms with Gasteiger partial charge in [-0.15, -0.1) is 0 Å².